The number of carbonyl (C=O) groups excluding carboxylic acids is 2. The summed E-state index contributed by atoms with van der Waals surface area (Å²) in [5.41, 5.74) is 0.412. The van der Waals surface area contributed by atoms with Gasteiger partial charge in [-0.25, -0.2) is 9.59 Å². The quantitative estimate of drug-likeness (QED) is 0.618. The minimum absolute atomic E-state index is 0.0479. The number of methoxy groups -OCH3 is 1. The van der Waals surface area contributed by atoms with Gasteiger partial charge in [0.2, 0.25) is 0 Å². The first-order valence-electron chi connectivity index (χ1n) is 7.61. The molecule has 0 amide bonds. The third kappa shape index (κ3) is 4.56. The van der Waals surface area contributed by atoms with Crippen LogP contribution in [0.3, 0.4) is 0 Å². The number of hydrogen-bond donors (Lipinski definition) is 0. The van der Waals surface area contributed by atoms with Gasteiger partial charge in [0.1, 0.15) is 12.4 Å². The minimum atomic E-state index is -0.427. The number of ether oxygens (including phenoxy) is 3. The van der Waals surface area contributed by atoms with Crippen molar-refractivity contribution < 1.29 is 23.8 Å². The number of benzene rings is 1. The Hall–Kier alpha value is -1.88. The maximum Gasteiger partial charge on any atom is 0.337 e. The summed E-state index contributed by atoms with van der Waals surface area (Å²) >= 11 is 0. The average molecular weight is 306 g/mol. The molecule has 0 spiro atoms. The molecule has 22 heavy (non-hydrogen) atoms. The summed E-state index contributed by atoms with van der Waals surface area (Å²) in [5, 5.41) is 0. The third-order valence-electron chi connectivity index (χ3n) is 3.96. The van der Waals surface area contributed by atoms with Crippen LogP contribution in [-0.2, 0) is 14.3 Å². The molecule has 0 saturated heterocycles. The van der Waals surface area contributed by atoms with E-state index in [4.69, 9.17) is 9.47 Å². The van der Waals surface area contributed by atoms with E-state index in [1.807, 2.05) is 0 Å². The Morgan fingerprint density at radius 3 is 2.45 bits per heavy atom. The van der Waals surface area contributed by atoms with Gasteiger partial charge >= 0.3 is 11.9 Å². The Morgan fingerprint density at radius 2 is 1.82 bits per heavy atom. The van der Waals surface area contributed by atoms with Gasteiger partial charge in [0, 0.05) is 0 Å². The zero-order valence-electron chi connectivity index (χ0n) is 13.0. The van der Waals surface area contributed by atoms with Gasteiger partial charge in [-0.3, -0.25) is 0 Å². The molecule has 1 aliphatic carbocycles. The van der Waals surface area contributed by atoms with Gasteiger partial charge in [0.15, 0.2) is 0 Å². The van der Waals surface area contributed by atoms with E-state index in [-0.39, 0.29) is 12.7 Å². The van der Waals surface area contributed by atoms with E-state index in [0.29, 0.717) is 17.2 Å². The first kappa shape index (κ1) is 16.5. The van der Waals surface area contributed by atoms with Gasteiger partial charge < -0.3 is 14.2 Å². The Balaban J connectivity index is 1.80. The summed E-state index contributed by atoms with van der Waals surface area (Å²) in [4.78, 5) is 23.1. The highest BCUT2D eigenvalue weighted by atomic mass is 16.6. The van der Waals surface area contributed by atoms with Crippen LogP contribution in [0.25, 0.3) is 0 Å². The number of carbonyl (C=O) groups is 2. The van der Waals surface area contributed by atoms with Gasteiger partial charge in [-0.05, 0) is 43.0 Å². The Labute approximate surface area is 130 Å². The standard InChI is InChI=1S/C17H22O5/c1-12-5-3-4-6-15(12)21-11-16(18)22-14-9-7-13(8-10-14)17(19)20-2/h7-10,12,15H,3-6,11H2,1-2H3. The predicted molar refractivity (Wildman–Crippen MR) is 80.8 cm³/mol. The van der Waals surface area contributed by atoms with Crippen LogP contribution < -0.4 is 4.74 Å². The van der Waals surface area contributed by atoms with Crippen LogP contribution in [0.5, 0.6) is 5.75 Å². The van der Waals surface area contributed by atoms with Crippen molar-refractivity contribution in [2.24, 2.45) is 5.92 Å². The summed E-state index contributed by atoms with van der Waals surface area (Å²) in [7, 11) is 1.32. The van der Waals surface area contributed by atoms with Gasteiger partial charge in [0.05, 0.1) is 18.8 Å². The largest absolute Gasteiger partial charge is 0.465 e. The van der Waals surface area contributed by atoms with Crippen LogP contribution in [0, 0.1) is 5.92 Å². The second-order valence-electron chi connectivity index (χ2n) is 5.60. The van der Waals surface area contributed by atoms with E-state index in [0.717, 1.165) is 19.3 Å². The Kier molecular flexibility index (Phi) is 5.95. The molecule has 1 saturated carbocycles. The van der Waals surface area contributed by atoms with Gasteiger partial charge in [-0.15, -0.1) is 0 Å². The summed E-state index contributed by atoms with van der Waals surface area (Å²) < 4.78 is 15.5. The first-order valence-corrected chi connectivity index (χ1v) is 7.61. The van der Waals surface area contributed by atoms with Crippen molar-refractivity contribution in [2.75, 3.05) is 13.7 Å². The van der Waals surface area contributed by atoms with Crippen molar-refractivity contribution in [2.45, 2.75) is 38.7 Å². The maximum absolute atomic E-state index is 11.8. The lowest BCUT2D eigenvalue weighted by molar-refractivity contribution is -0.143. The lowest BCUT2D eigenvalue weighted by Gasteiger charge is -2.28. The lowest BCUT2D eigenvalue weighted by Crippen LogP contribution is -2.29. The molecule has 5 heteroatoms. The van der Waals surface area contributed by atoms with Crippen LogP contribution in [0.4, 0.5) is 0 Å². The lowest BCUT2D eigenvalue weighted by atomic mass is 9.88. The molecule has 1 aromatic carbocycles. The van der Waals surface area contributed by atoms with Crippen LogP contribution in [0.15, 0.2) is 24.3 Å². The highest BCUT2D eigenvalue weighted by Crippen LogP contribution is 2.26. The Morgan fingerprint density at radius 1 is 1.14 bits per heavy atom. The van der Waals surface area contributed by atoms with Gasteiger partial charge in [0.25, 0.3) is 0 Å². The van der Waals surface area contributed by atoms with E-state index < -0.39 is 11.9 Å². The molecule has 0 aromatic heterocycles. The molecule has 0 aliphatic heterocycles. The number of esters is 2. The topological polar surface area (TPSA) is 61.8 Å². The monoisotopic (exact) mass is 306 g/mol. The second kappa shape index (κ2) is 7.94. The number of rotatable bonds is 5. The van der Waals surface area contributed by atoms with E-state index in [9.17, 15) is 9.59 Å². The van der Waals surface area contributed by atoms with Crippen LogP contribution in [-0.4, -0.2) is 31.8 Å². The molecule has 2 unspecified atom stereocenters. The molecule has 0 heterocycles. The molecular formula is C17H22O5. The highest BCUT2D eigenvalue weighted by Gasteiger charge is 2.23. The van der Waals surface area contributed by atoms with Crippen LogP contribution >= 0.6 is 0 Å². The van der Waals surface area contributed by atoms with E-state index in [2.05, 4.69) is 11.7 Å². The summed E-state index contributed by atoms with van der Waals surface area (Å²) in [6.07, 6.45) is 4.68. The zero-order chi connectivity index (χ0) is 15.9. The smallest absolute Gasteiger partial charge is 0.337 e. The second-order valence-corrected chi connectivity index (χ2v) is 5.60. The third-order valence-corrected chi connectivity index (χ3v) is 3.96. The minimum Gasteiger partial charge on any atom is -0.465 e. The molecule has 0 N–H and O–H groups in total. The van der Waals surface area contributed by atoms with E-state index in [1.54, 1.807) is 24.3 Å². The molecule has 120 valence electrons. The molecule has 1 aromatic rings. The molecule has 1 fully saturated rings. The molecule has 0 bridgehead atoms. The van der Waals surface area contributed by atoms with Crippen molar-refractivity contribution in [1.82, 2.24) is 0 Å². The summed E-state index contributed by atoms with van der Waals surface area (Å²) in [5.74, 6) is 0.0231. The molecule has 2 atom stereocenters. The van der Waals surface area contributed by atoms with Crippen molar-refractivity contribution >= 4 is 11.9 Å². The van der Waals surface area contributed by atoms with Crippen molar-refractivity contribution in [3.05, 3.63) is 29.8 Å². The fraction of sp³-hybridized carbons (Fsp3) is 0.529. The van der Waals surface area contributed by atoms with Crippen LogP contribution in [0.1, 0.15) is 43.0 Å². The van der Waals surface area contributed by atoms with E-state index in [1.165, 1.54) is 13.5 Å². The first-order chi connectivity index (χ1) is 10.6. The highest BCUT2D eigenvalue weighted by molar-refractivity contribution is 5.89. The van der Waals surface area contributed by atoms with Crippen LogP contribution in [0.2, 0.25) is 0 Å². The van der Waals surface area contributed by atoms with Gasteiger partial charge in [-0.1, -0.05) is 19.8 Å². The molecule has 1 aliphatic rings. The predicted octanol–water partition coefficient (Wildman–Crippen LogP) is 2.97. The number of hydrogen-bond acceptors (Lipinski definition) is 5. The SMILES string of the molecule is COC(=O)c1ccc(OC(=O)COC2CCCCC2C)cc1. The van der Waals surface area contributed by atoms with Gasteiger partial charge in [-0.2, -0.15) is 0 Å². The van der Waals surface area contributed by atoms with E-state index >= 15 is 0 Å². The molecule has 2 rings (SSSR count). The summed E-state index contributed by atoms with van der Waals surface area (Å²) in [6, 6.07) is 6.23. The fourth-order valence-corrected chi connectivity index (χ4v) is 2.64. The van der Waals surface area contributed by atoms with Crippen molar-refractivity contribution in [1.29, 1.82) is 0 Å². The normalized spacial score (nSPS) is 21.2. The molecule has 0 radical (unpaired) electrons. The maximum atomic E-state index is 11.8. The average Bonchev–Trinajstić information content (AvgIpc) is 2.54. The molecular weight excluding hydrogens is 284 g/mol. The van der Waals surface area contributed by atoms with Crippen molar-refractivity contribution in [3.63, 3.8) is 0 Å². The summed E-state index contributed by atoms with van der Waals surface area (Å²) in [6.45, 7) is 2.11. The fourth-order valence-electron chi connectivity index (χ4n) is 2.64. The van der Waals surface area contributed by atoms with Crippen molar-refractivity contribution in [3.8, 4) is 5.75 Å². The zero-order valence-corrected chi connectivity index (χ0v) is 13.0. The molecule has 5 nitrogen and oxygen atoms in total. The Bertz CT molecular complexity index is 508.